The molecule has 6 heteroatoms. The molecule has 0 heterocycles. The van der Waals surface area contributed by atoms with Crippen LogP contribution >= 0.6 is 0 Å². The molecule has 2 unspecified atom stereocenters. The minimum Gasteiger partial charge on any atom is -0.491 e. The second-order valence-corrected chi connectivity index (χ2v) is 6.21. The Morgan fingerprint density at radius 1 is 1.25 bits per heavy atom. The fourth-order valence-corrected chi connectivity index (χ4v) is 3.00. The Morgan fingerprint density at radius 3 is 2.67 bits per heavy atom. The van der Waals surface area contributed by atoms with E-state index in [0.29, 0.717) is 26.1 Å². The van der Waals surface area contributed by atoms with Gasteiger partial charge >= 0.3 is 5.97 Å². The standard InChI is InChI=1S/C18H25NO5/c1-12-10-15(24-9-8-23-2)6-7-16(12)19-17(20)13-4-3-5-14(11-13)18(21)22/h6-7,10,13-14H,3-5,8-9,11H2,1-2H3,(H,19,20)(H,21,22). The van der Waals surface area contributed by atoms with Crippen molar-refractivity contribution >= 4 is 17.6 Å². The summed E-state index contributed by atoms with van der Waals surface area (Å²) in [6, 6.07) is 5.48. The predicted molar refractivity (Wildman–Crippen MR) is 90.3 cm³/mol. The molecule has 0 aliphatic heterocycles. The number of hydrogen-bond donors (Lipinski definition) is 2. The molecule has 2 atom stereocenters. The van der Waals surface area contributed by atoms with E-state index in [1.54, 1.807) is 13.2 Å². The number of hydrogen-bond acceptors (Lipinski definition) is 4. The van der Waals surface area contributed by atoms with Gasteiger partial charge in [-0.2, -0.15) is 0 Å². The highest BCUT2D eigenvalue weighted by atomic mass is 16.5. The van der Waals surface area contributed by atoms with Crippen LogP contribution in [0.25, 0.3) is 0 Å². The number of nitrogens with one attached hydrogen (secondary N) is 1. The molecule has 2 rings (SSSR count). The number of aliphatic carboxylic acids is 1. The Bertz CT molecular complexity index is 587. The van der Waals surface area contributed by atoms with Gasteiger partial charge in [-0.1, -0.05) is 6.42 Å². The number of rotatable bonds is 7. The highest BCUT2D eigenvalue weighted by molar-refractivity contribution is 5.93. The van der Waals surface area contributed by atoms with E-state index in [1.165, 1.54) is 0 Å². The molecule has 0 radical (unpaired) electrons. The van der Waals surface area contributed by atoms with Crippen LogP contribution < -0.4 is 10.1 Å². The molecule has 0 aromatic heterocycles. The fraction of sp³-hybridized carbons (Fsp3) is 0.556. The summed E-state index contributed by atoms with van der Waals surface area (Å²) in [5.74, 6) is -0.825. The third kappa shape index (κ3) is 4.96. The molecule has 2 N–H and O–H groups in total. The van der Waals surface area contributed by atoms with Crippen LogP contribution in [0.4, 0.5) is 5.69 Å². The second kappa shape index (κ2) is 8.68. The lowest BCUT2D eigenvalue weighted by molar-refractivity contribution is -0.143. The van der Waals surface area contributed by atoms with Gasteiger partial charge in [0.2, 0.25) is 5.91 Å². The van der Waals surface area contributed by atoms with Crippen molar-refractivity contribution in [3.05, 3.63) is 23.8 Å². The molecule has 24 heavy (non-hydrogen) atoms. The normalized spacial score (nSPS) is 20.4. The number of anilines is 1. The zero-order valence-electron chi connectivity index (χ0n) is 14.2. The third-order valence-corrected chi connectivity index (χ3v) is 4.41. The quantitative estimate of drug-likeness (QED) is 0.749. The molecule has 0 spiro atoms. The number of methoxy groups -OCH3 is 1. The Morgan fingerprint density at radius 2 is 2.00 bits per heavy atom. The highest BCUT2D eigenvalue weighted by Gasteiger charge is 2.31. The summed E-state index contributed by atoms with van der Waals surface area (Å²) in [5, 5.41) is 12.1. The van der Waals surface area contributed by atoms with Crippen molar-refractivity contribution in [1.82, 2.24) is 0 Å². The monoisotopic (exact) mass is 335 g/mol. The van der Waals surface area contributed by atoms with Crippen molar-refractivity contribution in [1.29, 1.82) is 0 Å². The van der Waals surface area contributed by atoms with Gasteiger partial charge in [0, 0.05) is 18.7 Å². The number of amides is 1. The van der Waals surface area contributed by atoms with E-state index in [1.807, 2.05) is 19.1 Å². The molecule has 0 saturated heterocycles. The summed E-state index contributed by atoms with van der Waals surface area (Å²) in [4.78, 5) is 23.6. The highest BCUT2D eigenvalue weighted by Crippen LogP contribution is 2.31. The average Bonchev–Trinajstić information content (AvgIpc) is 2.57. The van der Waals surface area contributed by atoms with Gasteiger partial charge in [0.1, 0.15) is 12.4 Å². The van der Waals surface area contributed by atoms with E-state index in [2.05, 4.69) is 5.32 Å². The van der Waals surface area contributed by atoms with E-state index in [9.17, 15) is 9.59 Å². The lowest BCUT2D eigenvalue weighted by atomic mass is 9.81. The third-order valence-electron chi connectivity index (χ3n) is 4.41. The van der Waals surface area contributed by atoms with E-state index >= 15 is 0 Å². The molecule has 0 bridgehead atoms. The van der Waals surface area contributed by atoms with Crippen LogP contribution in [0.2, 0.25) is 0 Å². The van der Waals surface area contributed by atoms with Gasteiger partial charge in [0.15, 0.2) is 0 Å². The smallest absolute Gasteiger partial charge is 0.306 e. The molecule has 1 aromatic rings. The SMILES string of the molecule is COCCOc1ccc(NC(=O)C2CCCC(C(=O)O)C2)c(C)c1. The average molecular weight is 335 g/mol. The van der Waals surface area contributed by atoms with Crippen LogP contribution in [0, 0.1) is 18.8 Å². The van der Waals surface area contributed by atoms with Crippen molar-refractivity contribution in [3.63, 3.8) is 0 Å². The first-order valence-corrected chi connectivity index (χ1v) is 8.27. The van der Waals surface area contributed by atoms with E-state index in [-0.39, 0.29) is 11.8 Å². The first-order valence-electron chi connectivity index (χ1n) is 8.27. The predicted octanol–water partition coefficient (Wildman–Crippen LogP) is 2.85. The van der Waals surface area contributed by atoms with Gasteiger partial charge in [-0.3, -0.25) is 9.59 Å². The summed E-state index contributed by atoms with van der Waals surface area (Å²) in [6.07, 6.45) is 2.59. The van der Waals surface area contributed by atoms with E-state index in [4.69, 9.17) is 14.6 Å². The number of carboxylic acids is 1. The molecule has 6 nitrogen and oxygen atoms in total. The van der Waals surface area contributed by atoms with Gasteiger partial charge < -0.3 is 19.9 Å². The molecular formula is C18H25NO5. The number of carbonyl (C=O) groups is 2. The van der Waals surface area contributed by atoms with Gasteiger partial charge in [-0.25, -0.2) is 0 Å². The zero-order valence-corrected chi connectivity index (χ0v) is 14.2. The van der Waals surface area contributed by atoms with Crippen LogP contribution in [0.5, 0.6) is 5.75 Å². The lowest BCUT2D eigenvalue weighted by Crippen LogP contribution is -2.31. The summed E-state index contributed by atoms with van der Waals surface area (Å²) >= 11 is 0. The van der Waals surface area contributed by atoms with Crippen molar-refractivity contribution < 1.29 is 24.2 Å². The second-order valence-electron chi connectivity index (χ2n) is 6.21. The van der Waals surface area contributed by atoms with Gasteiger partial charge in [0.05, 0.1) is 12.5 Å². The first-order chi connectivity index (χ1) is 11.5. The van der Waals surface area contributed by atoms with E-state index < -0.39 is 11.9 Å². The van der Waals surface area contributed by atoms with Gasteiger partial charge in [0.25, 0.3) is 0 Å². The zero-order chi connectivity index (χ0) is 17.5. The van der Waals surface area contributed by atoms with E-state index in [0.717, 1.165) is 29.8 Å². The summed E-state index contributed by atoms with van der Waals surface area (Å²) in [6.45, 7) is 2.89. The molecule has 1 saturated carbocycles. The van der Waals surface area contributed by atoms with Crippen molar-refractivity contribution in [2.75, 3.05) is 25.6 Å². The Balaban J connectivity index is 1.94. The number of aryl methyl sites for hydroxylation is 1. The lowest BCUT2D eigenvalue weighted by Gasteiger charge is -2.26. The van der Waals surface area contributed by atoms with Crippen molar-refractivity contribution in [2.45, 2.75) is 32.6 Å². The Labute approximate surface area is 142 Å². The summed E-state index contributed by atoms with van der Waals surface area (Å²) in [5.41, 5.74) is 1.64. The summed E-state index contributed by atoms with van der Waals surface area (Å²) in [7, 11) is 1.62. The van der Waals surface area contributed by atoms with Gasteiger partial charge in [-0.05, 0) is 49.9 Å². The fourth-order valence-electron chi connectivity index (χ4n) is 3.00. The molecular weight excluding hydrogens is 310 g/mol. The number of carboxylic acid groups (broad SMARTS) is 1. The summed E-state index contributed by atoms with van der Waals surface area (Å²) < 4.78 is 10.5. The molecule has 132 valence electrons. The van der Waals surface area contributed by atoms with Crippen LogP contribution in [0.15, 0.2) is 18.2 Å². The van der Waals surface area contributed by atoms with Crippen molar-refractivity contribution in [2.24, 2.45) is 11.8 Å². The number of carbonyl (C=O) groups excluding carboxylic acids is 1. The van der Waals surface area contributed by atoms with Crippen LogP contribution in [0.1, 0.15) is 31.2 Å². The Kier molecular flexibility index (Phi) is 6.61. The Hall–Kier alpha value is -2.08. The largest absolute Gasteiger partial charge is 0.491 e. The van der Waals surface area contributed by atoms with Crippen LogP contribution in [0.3, 0.4) is 0 Å². The van der Waals surface area contributed by atoms with Crippen molar-refractivity contribution in [3.8, 4) is 5.75 Å². The van der Waals surface area contributed by atoms with Crippen LogP contribution in [-0.4, -0.2) is 37.3 Å². The molecule has 1 aliphatic rings. The van der Waals surface area contributed by atoms with Gasteiger partial charge in [-0.15, -0.1) is 0 Å². The minimum atomic E-state index is -0.804. The molecule has 1 fully saturated rings. The molecule has 1 aliphatic carbocycles. The maximum atomic E-state index is 12.4. The molecule has 1 aromatic carbocycles. The number of benzene rings is 1. The molecule has 1 amide bonds. The topological polar surface area (TPSA) is 84.9 Å². The maximum Gasteiger partial charge on any atom is 0.306 e. The van der Waals surface area contributed by atoms with Crippen LogP contribution in [-0.2, 0) is 14.3 Å². The minimum absolute atomic E-state index is 0.0999. The number of ether oxygens (including phenoxy) is 2. The first kappa shape index (κ1) is 18.3. The maximum absolute atomic E-state index is 12.4.